The summed E-state index contributed by atoms with van der Waals surface area (Å²) in [5.41, 5.74) is 5.92. The van der Waals surface area contributed by atoms with Crippen molar-refractivity contribution in [1.29, 1.82) is 0 Å². The summed E-state index contributed by atoms with van der Waals surface area (Å²) in [6, 6.07) is 3.75. The van der Waals surface area contributed by atoms with Gasteiger partial charge in [0.2, 0.25) is 0 Å². The van der Waals surface area contributed by atoms with Crippen molar-refractivity contribution in [2.75, 3.05) is 13.2 Å². The molecule has 0 saturated heterocycles. The fourth-order valence-corrected chi connectivity index (χ4v) is 1.25. The summed E-state index contributed by atoms with van der Waals surface area (Å²) in [4.78, 5) is 0. The van der Waals surface area contributed by atoms with Crippen LogP contribution in [0.1, 0.15) is 39.1 Å². The first-order chi connectivity index (χ1) is 7.03. The van der Waals surface area contributed by atoms with E-state index in [9.17, 15) is 0 Å². The second-order valence-electron chi connectivity index (χ2n) is 4.92. The Balaban J connectivity index is 2.36. The molecule has 0 bridgehead atoms. The van der Waals surface area contributed by atoms with Gasteiger partial charge in [0.1, 0.15) is 11.9 Å². The Morgan fingerprint density at radius 1 is 1.47 bits per heavy atom. The second-order valence-corrected chi connectivity index (χ2v) is 4.92. The first-order valence-corrected chi connectivity index (χ1v) is 5.38. The van der Waals surface area contributed by atoms with E-state index in [1.807, 2.05) is 12.1 Å². The normalized spacial score (nSPS) is 14.1. The van der Waals surface area contributed by atoms with Crippen molar-refractivity contribution in [3.05, 3.63) is 24.2 Å². The Bertz CT molecular complexity index is 262. The third kappa shape index (κ3) is 4.49. The SMILES string of the molecule is CC(C)(C)CCOC(CN)c1ccco1. The topological polar surface area (TPSA) is 48.4 Å². The minimum absolute atomic E-state index is 0.109. The molecule has 0 aliphatic heterocycles. The van der Waals surface area contributed by atoms with Crippen molar-refractivity contribution in [3.8, 4) is 0 Å². The van der Waals surface area contributed by atoms with E-state index in [4.69, 9.17) is 14.9 Å². The molecule has 0 aromatic carbocycles. The monoisotopic (exact) mass is 211 g/mol. The fourth-order valence-electron chi connectivity index (χ4n) is 1.25. The van der Waals surface area contributed by atoms with Crippen LogP contribution in [-0.4, -0.2) is 13.2 Å². The van der Waals surface area contributed by atoms with Crippen LogP contribution < -0.4 is 5.73 Å². The lowest BCUT2D eigenvalue weighted by Crippen LogP contribution is -2.18. The van der Waals surface area contributed by atoms with Gasteiger partial charge in [-0.15, -0.1) is 0 Å². The van der Waals surface area contributed by atoms with Gasteiger partial charge in [-0.1, -0.05) is 20.8 Å². The standard InChI is InChI=1S/C12H21NO2/c1-12(2,3)6-8-15-11(9-13)10-5-4-7-14-10/h4-5,7,11H,6,8-9,13H2,1-3H3. The Morgan fingerprint density at radius 2 is 2.20 bits per heavy atom. The minimum Gasteiger partial charge on any atom is -0.467 e. The highest BCUT2D eigenvalue weighted by molar-refractivity contribution is 5.02. The molecule has 3 heteroatoms. The molecule has 1 heterocycles. The molecular weight excluding hydrogens is 190 g/mol. The molecule has 1 aromatic heterocycles. The van der Waals surface area contributed by atoms with Gasteiger partial charge in [-0.05, 0) is 24.0 Å². The number of ether oxygens (including phenoxy) is 1. The molecule has 0 amide bonds. The average molecular weight is 211 g/mol. The van der Waals surface area contributed by atoms with E-state index < -0.39 is 0 Å². The highest BCUT2D eigenvalue weighted by atomic mass is 16.5. The van der Waals surface area contributed by atoms with Crippen molar-refractivity contribution in [2.45, 2.75) is 33.3 Å². The predicted octanol–water partition coefficient (Wildman–Crippen LogP) is 2.73. The van der Waals surface area contributed by atoms with Crippen LogP contribution in [0.3, 0.4) is 0 Å². The smallest absolute Gasteiger partial charge is 0.133 e. The molecule has 0 saturated carbocycles. The first kappa shape index (κ1) is 12.3. The zero-order valence-corrected chi connectivity index (χ0v) is 9.82. The molecule has 2 N–H and O–H groups in total. The highest BCUT2D eigenvalue weighted by Crippen LogP contribution is 2.21. The van der Waals surface area contributed by atoms with E-state index >= 15 is 0 Å². The maximum Gasteiger partial charge on any atom is 0.133 e. The largest absolute Gasteiger partial charge is 0.467 e. The van der Waals surface area contributed by atoms with Crippen LogP contribution in [-0.2, 0) is 4.74 Å². The van der Waals surface area contributed by atoms with Crippen molar-refractivity contribution < 1.29 is 9.15 Å². The maximum atomic E-state index is 5.69. The van der Waals surface area contributed by atoms with Crippen LogP contribution in [0, 0.1) is 5.41 Å². The molecule has 1 unspecified atom stereocenters. The lowest BCUT2D eigenvalue weighted by molar-refractivity contribution is 0.0292. The van der Waals surface area contributed by atoms with Gasteiger partial charge in [0.15, 0.2) is 0 Å². The summed E-state index contributed by atoms with van der Waals surface area (Å²) >= 11 is 0. The van der Waals surface area contributed by atoms with Gasteiger partial charge in [0.05, 0.1) is 6.26 Å². The van der Waals surface area contributed by atoms with E-state index in [0.29, 0.717) is 18.6 Å². The third-order valence-corrected chi connectivity index (χ3v) is 2.25. The van der Waals surface area contributed by atoms with Gasteiger partial charge >= 0.3 is 0 Å². The van der Waals surface area contributed by atoms with Crippen molar-refractivity contribution >= 4 is 0 Å². The highest BCUT2D eigenvalue weighted by Gasteiger charge is 2.15. The van der Waals surface area contributed by atoms with E-state index in [2.05, 4.69) is 20.8 Å². The summed E-state index contributed by atoms with van der Waals surface area (Å²) in [6.07, 6.45) is 2.55. The van der Waals surface area contributed by atoms with Crippen molar-refractivity contribution in [1.82, 2.24) is 0 Å². The quantitative estimate of drug-likeness (QED) is 0.814. The van der Waals surface area contributed by atoms with E-state index in [0.717, 1.165) is 12.2 Å². The van der Waals surface area contributed by atoms with Crippen molar-refractivity contribution in [3.63, 3.8) is 0 Å². The summed E-state index contributed by atoms with van der Waals surface area (Å²) in [7, 11) is 0. The molecule has 3 nitrogen and oxygen atoms in total. The molecule has 1 rings (SSSR count). The Kier molecular flexibility index (Phi) is 4.36. The Hall–Kier alpha value is -0.800. The van der Waals surface area contributed by atoms with Crippen LogP contribution >= 0.6 is 0 Å². The molecule has 86 valence electrons. The fraction of sp³-hybridized carbons (Fsp3) is 0.667. The van der Waals surface area contributed by atoms with E-state index in [-0.39, 0.29) is 6.10 Å². The molecule has 0 radical (unpaired) electrons. The summed E-state index contributed by atoms with van der Waals surface area (Å²) < 4.78 is 11.0. The number of rotatable bonds is 5. The zero-order chi connectivity index (χ0) is 11.3. The van der Waals surface area contributed by atoms with Crippen LogP contribution in [0.2, 0.25) is 0 Å². The lowest BCUT2D eigenvalue weighted by atomic mass is 9.93. The van der Waals surface area contributed by atoms with Gasteiger partial charge < -0.3 is 14.9 Å². The van der Waals surface area contributed by atoms with Gasteiger partial charge in [0, 0.05) is 13.2 Å². The molecular formula is C12H21NO2. The van der Waals surface area contributed by atoms with Crippen LogP contribution in [0.4, 0.5) is 0 Å². The first-order valence-electron chi connectivity index (χ1n) is 5.38. The van der Waals surface area contributed by atoms with Gasteiger partial charge in [-0.3, -0.25) is 0 Å². The van der Waals surface area contributed by atoms with Crippen LogP contribution in [0.25, 0.3) is 0 Å². The minimum atomic E-state index is -0.109. The molecule has 15 heavy (non-hydrogen) atoms. The molecule has 0 fully saturated rings. The van der Waals surface area contributed by atoms with Crippen LogP contribution in [0.5, 0.6) is 0 Å². The third-order valence-electron chi connectivity index (χ3n) is 2.25. The number of hydrogen-bond acceptors (Lipinski definition) is 3. The summed E-state index contributed by atoms with van der Waals surface area (Å²) in [6.45, 7) is 7.76. The summed E-state index contributed by atoms with van der Waals surface area (Å²) in [5.74, 6) is 0.811. The number of nitrogens with two attached hydrogens (primary N) is 1. The average Bonchev–Trinajstić information content (AvgIpc) is 2.63. The van der Waals surface area contributed by atoms with Gasteiger partial charge in [0.25, 0.3) is 0 Å². The zero-order valence-electron chi connectivity index (χ0n) is 9.82. The molecule has 0 spiro atoms. The van der Waals surface area contributed by atoms with Crippen molar-refractivity contribution in [2.24, 2.45) is 11.1 Å². The Morgan fingerprint density at radius 3 is 2.67 bits per heavy atom. The number of furan rings is 1. The predicted molar refractivity (Wildman–Crippen MR) is 60.5 cm³/mol. The van der Waals surface area contributed by atoms with E-state index in [1.54, 1.807) is 6.26 Å². The number of hydrogen-bond donors (Lipinski definition) is 1. The molecule has 1 atom stereocenters. The summed E-state index contributed by atoms with van der Waals surface area (Å²) in [5, 5.41) is 0. The van der Waals surface area contributed by atoms with Crippen LogP contribution in [0.15, 0.2) is 22.8 Å². The van der Waals surface area contributed by atoms with E-state index in [1.165, 1.54) is 0 Å². The molecule has 1 aromatic rings. The maximum absolute atomic E-state index is 5.69. The molecule has 0 aliphatic carbocycles. The molecule has 0 aliphatic rings. The second kappa shape index (κ2) is 5.33. The van der Waals surface area contributed by atoms with Gasteiger partial charge in [-0.25, -0.2) is 0 Å². The van der Waals surface area contributed by atoms with Gasteiger partial charge in [-0.2, -0.15) is 0 Å². The lowest BCUT2D eigenvalue weighted by Gasteiger charge is -2.20. The Labute approximate surface area is 91.6 Å².